The van der Waals surface area contributed by atoms with Crippen molar-refractivity contribution in [3.63, 3.8) is 0 Å². The maximum atomic E-state index is 13.1. The topological polar surface area (TPSA) is 29.1 Å². The summed E-state index contributed by atoms with van der Waals surface area (Å²) in [6.07, 6.45) is 0. The van der Waals surface area contributed by atoms with Crippen molar-refractivity contribution in [2.45, 2.75) is 13.0 Å². The van der Waals surface area contributed by atoms with Gasteiger partial charge in [0.25, 0.3) is 5.91 Å². The van der Waals surface area contributed by atoms with Crippen LogP contribution in [0.25, 0.3) is 0 Å². The van der Waals surface area contributed by atoms with Gasteiger partial charge in [-0.1, -0.05) is 18.2 Å². The summed E-state index contributed by atoms with van der Waals surface area (Å²) >= 11 is 3.03. The molecule has 0 saturated heterocycles. The van der Waals surface area contributed by atoms with E-state index in [1.807, 2.05) is 36.6 Å². The van der Waals surface area contributed by atoms with Crippen LogP contribution in [0.4, 0.5) is 4.39 Å². The molecular weight excluding hydrogens is 317 g/mol. The molecule has 2 heterocycles. The Hall–Kier alpha value is -1.98. The average molecular weight is 331 g/mol. The van der Waals surface area contributed by atoms with E-state index in [1.165, 1.54) is 23.5 Å². The molecule has 0 aliphatic rings. The molecule has 22 heavy (non-hydrogen) atoms. The van der Waals surface area contributed by atoms with E-state index in [0.29, 0.717) is 4.88 Å². The number of amides is 1. The third-order valence-electron chi connectivity index (χ3n) is 3.27. The molecule has 2 aromatic heterocycles. The van der Waals surface area contributed by atoms with Crippen molar-refractivity contribution in [2.24, 2.45) is 0 Å². The predicted octanol–water partition coefficient (Wildman–Crippen LogP) is 4.78. The molecule has 1 aromatic carbocycles. The Kier molecular flexibility index (Phi) is 4.36. The second-order valence-electron chi connectivity index (χ2n) is 4.88. The fourth-order valence-electron chi connectivity index (χ4n) is 2.19. The van der Waals surface area contributed by atoms with Crippen molar-refractivity contribution in [3.05, 3.63) is 79.9 Å². The Morgan fingerprint density at radius 3 is 2.50 bits per heavy atom. The second kappa shape index (κ2) is 6.42. The highest BCUT2D eigenvalue weighted by Gasteiger charge is 2.19. The molecule has 0 spiro atoms. The zero-order valence-corrected chi connectivity index (χ0v) is 13.5. The highest BCUT2D eigenvalue weighted by atomic mass is 32.1. The minimum atomic E-state index is -0.283. The molecule has 0 radical (unpaired) electrons. The summed E-state index contributed by atoms with van der Waals surface area (Å²) in [6, 6.07) is 13.6. The Morgan fingerprint density at radius 2 is 1.91 bits per heavy atom. The van der Waals surface area contributed by atoms with Gasteiger partial charge in [0.15, 0.2) is 0 Å². The molecule has 0 fully saturated rings. The normalized spacial score (nSPS) is 12.1. The van der Waals surface area contributed by atoms with Crippen molar-refractivity contribution in [3.8, 4) is 0 Å². The van der Waals surface area contributed by atoms with Gasteiger partial charge >= 0.3 is 0 Å². The third kappa shape index (κ3) is 3.26. The summed E-state index contributed by atoms with van der Waals surface area (Å²) in [5.41, 5.74) is 0.866. The fraction of sp³-hybridized carbons (Fsp3) is 0.118. The number of hydrogen-bond acceptors (Lipinski definition) is 3. The van der Waals surface area contributed by atoms with Crippen molar-refractivity contribution < 1.29 is 9.18 Å². The molecule has 5 heteroatoms. The van der Waals surface area contributed by atoms with E-state index < -0.39 is 0 Å². The summed E-state index contributed by atoms with van der Waals surface area (Å²) in [5.74, 6) is -0.394. The number of hydrogen-bond donors (Lipinski definition) is 1. The van der Waals surface area contributed by atoms with E-state index in [1.54, 1.807) is 23.5 Å². The van der Waals surface area contributed by atoms with E-state index >= 15 is 0 Å². The summed E-state index contributed by atoms with van der Waals surface area (Å²) < 4.78 is 13.1. The van der Waals surface area contributed by atoms with E-state index in [2.05, 4.69) is 5.32 Å². The number of carbonyl (C=O) groups excluding carboxylic acids is 1. The Morgan fingerprint density at radius 1 is 1.14 bits per heavy atom. The molecule has 0 aliphatic heterocycles. The second-order valence-corrected chi connectivity index (χ2v) is 7.15. The first kappa shape index (κ1) is 14.9. The lowest BCUT2D eigenvalue weighted by atomic mass is 10.1. The van der Waals surface area contributed by atoms with Crippen LogP contribution in [-0.2, 0) is 0 Å². The lowest BCUT2D eigenvalue weighted by molar-refractivity contribution is 0.0947. The van der Waals surface area contributed by atoms with Gasteiger partial charge in [0, 0.05) is 9.75 Å². The van der Waals surface area contributed by atoms with Crippen LogP contribution in [0.15, 0.2) is 53.9 Å². The molecule has 1 N–H and O–H groups in total. The van der Waals surface area contributed by atoms with Gasteiger partial charge in [-0.15, -0.1) is 22.7 Å². The van der Waals surface area contributed by atoms with Gasteiger partial charge in [-0.3, -0.25) is 4.79 Å². The van der Waals surface area contributed by atoms with Gasteiger partial charge in [-0.25, -0.2) is 4.39 Å². The fourth-order valence-corrected chi connectivity index (χ4v) is 3.76. The molecule has 3 rings (SSSR count). The van der Waals surface area contributed by atoms with Crippen molar-refractivity contribution >= 4 is 28.6 Å². The minimum absolute atomic E-state index is 0.110. The smallest absolute Gasteiger partial charge is 0.262 e. The van der Waals surface area contributed by atoms with E-state index in [-0.39, 0.29) is 17.8 Å². The maximum Gasteiger partial charge on any atom is 0.262 e. The van der Waals surface area contributed by atoms with Crippen molar-refractivity contribution in [1.29, 1.82) is 0 Å². The zero-order valence-electron chi connectivity index (χ0n) is 11.9. The average Bonchev–Trinajstić information content (AvgIpc) is 3.17. The van der Waals surface area contributed by atoms with Crippen LogP contribution < -0.4 is 5.32 Å². The third-order valence-corrected chi connectivity index (χ3v) is 5.21. The van der Waals surface area contributed by atoms with Crippen LogP contribution in [0.2, 0.25) is 0 Å². The maximum absolute atomic E-state index is 13.1. The van der Waals surface area contributed by atoms with Gasteiger partial charge in [-0.05, 0) is 48.2 Å². The number of halogens is 1. The molecular formula is C17H14FNOS2. The number of benzene rings is 1. The number of carbonyl (C=O) groups is 1. The quantitative estimate of drug-likeness (QED) is 0.732. The molecule has 1 amide bonds. The Balaban J connectivity index is 1.89. The largest absolute Gasteiger partial charge is 0.340 e. The Labute approximate surface area is 136 Å². The van der Waals surface area contributed by atoms with Gasteiger partial charge in [0.2, 0.25) is 0 Å². The first-order valence-corrected chi connectivity index (χ1v) is 8.49. The van der Waals surface area contributed by atoms with Gasteiger partial charge in [0.05, 0.1) is 10.9 Å². The highest BCUT2D eigenvalue weighted by molar-refractivity contribution is 7.14. The number of nitrogens with one attached hydrogen (secondary N) is 1. The summed E-state index contributed by atoms with van der Waals surface area (Å²) in [6.45, 7) is 1.97. The monoisotopic (exact) mass is 331 g/mol. The zero-order chi connectivity index (χ0) is 15.5. The molecule has 3 aromatic rings. The van der Waals surface area contributed by atoms with E-state index in [4.69, 9.17) is 0 Å². The highest BCUT2D eigenvalue weighted by Crippen LogP contribution is 2.27. The van der Waals surface area contributed by atoms with Gasteiger partial charge < -0.3 is 5.32 Å². The van der Waals surface area contributed by atoms with Crippen LogP contribution >= 0.6 is 22.7 Å². The van der Waals surface area contributed by atoms with Crippen LogP contribution in [0.5, 0.6) is 0 Å². The predicted molar refractivity (Wildman–Crippen MR) is 89.1 cm³/mol. The molecule has 0 bridgehead atoms. The lowest BCUT2D eigenvalue weighted by Gasteiger charge is -2.17. The van der Waals surface area contributed by atoms with Gasteiger partial charge in [-0.2, -0.15) is 0 Å². The summed E-state index contributed by atoms with van der Waals surface area (Å²) in [4.78, 5) is 15.2. The first-order chi connectivity index (χ1) is 10.6. The van der Waals surface area contributed by atoms with Crippen molar-refractivity contribution in [1.82, 2.24) is 5.32 Å². The summed E-state index contributed by atoms with van der Waals surface area (Å²) in [5, 5.41) is 5.01. The SMILES string of the molecule is Cc1ccc(C(=O)NC(c2ccc(F)cc2)c2cccs2)s1. The van der Waals surface area contributed by atoms with Crippen LogP contribution in [-0.4, -0.2) is 5.91 Å². The van der Waals surface area contributed by atoms with Crippen LogP contribution in [0, 0.1) is 12.7 Å². The van der Waals surface area contributed by atoms with Crippen LogP contribution in [0.1, 0.15) is 31.0 Å². The van der Waals surface area contributed by atoms with Crippen molar-refractivity contribution in [2.75, 3.05) is 0 Å². The number of thiophene rings is 2. The lowest BCUT2D eigenvalue weighted by Crippen LogP contribution is -2.28. The molecule has 2 nitrogen and oxygen atoms in total. The Bertz CT molecular complexity index is 762. The molecule has 1 atom stereocenters. The summed E-state index contributed by atoms with van der Waals surface area (Å²) in [7, 11) is 0. The van der Waals surface area contributed by atoms with Gasteiger partial charge in [0.1, 0.15) is 5.82 Å². The molecule has 112 valence electrons. The van der Waals surface area contributed by atoms with E-state index in [9.17, 15) is 9.18 Å². The number of rotatable bonds is 4. The molecule has 0 aliphatic carbocycles. The van der Waals surface area contributed by atoms with E-state index in [0.717, 1.165) is 15.3 Å². The minimum Gasteiger partial charge on any atom is -0.340 e. The first-order valence-electron chi connectivity index (χ1n) is 6.79. The molecule has 1 unspecified atom stereocenters. The standard InChI is InChI=1S/C17H14FNOS2/c1-11-4-9-15(22-11)17(20)19-16(14-3-2-10-21-14)12-5-7-13(18)8-6-12/h2-10,16H,1H3,(H,19,20). The van der Waals surface area contributed by atoms with Crippen LogP contribution in [0.3, 0.4) is 0 Å². The molecule has 0 saturated carbocycles. The number of aryl methyl sites for hydroxylation is 1.